The van der Waals surface area contributed by atoms with E-state index in [4.69, 9.17) is 16.3 Å². The highest BCUT2D eigenvalue weighted by Gasteiger charge is 2.15. The van der Waals surface area contributed by atoms with E-state index in [1.54, 1.807) is 0 Å². The van der Waals surface area contributed by atoms with Crippen molar-refractivity contribution in [2.75, 3.05) is 44.7 Å². The first-order chi connectivity index (χ1) is 9.15. The lowest BCUT2D eigenvalue weighted by Gasteiger charge is -2.28. The van der Waals surface area contributed by atoms with Gasteiger partial charge in [0.1, 0.15) is 5.82 Å². The average Bonchev–Trinajstić information content (AvgIpc) is 2.41. The van der Waals surface area contributed by atoms with E-state index in [1.807, 2.05) is 0 Å². The summed E-state index contributed by atoms with van der Waals surface area (Å²) in [6.07, 6.45) is -0.530. The number of halogens is 2. The summed E-state index contributed by atoms with van der Waals surface area (Å²) in [7, 11) is 0. The van der Waals surface area contributed by atoms with E-state index in [0.29, 0.717) is 37.0 Å². The van der Waals surface area contributed by atoms with Gasteiger partial charge >= 0.3 is 0 Å². The summed E-state index contributed by atoms with van der Waals surface area (Å²) in [6, 6.07) is 4.12. The van der Waals surface area contributed by atoms with Crippen molar-refractivity contribution in [3.63, 3.8) is 0 Å². The monoisotopic (exact) mass is 288 g/mol. The molecule has 1 heterocycles. The smallest absolute Gasteiger partial charge is 0.125 e. The number of morpholine rings is 1. The molecule has 1 aromatic rings. The predicted molar refractivity (Wildman–Crippen MR) is 73.2 cm³/mol. The molecule has 0 amide bonds. The van der Waals surface area contributed by atoms with E-state index in [2.05, 4.69) is 10.2 Å². The maximum atomic E-state index is 13.1. The minimum atomic E-state index is -0.530. The number of ether oxygens (including phenoxy) is 1. The van der Waals surface area contributed by atoms with Gasteiger partial charge < -0.3 is 15.2 Å². The van der Waals surface area contributed by atoms with Crippen molar-refractivity contribution < 1.29 is 14.2 Å². The topological polar surface area (TPSA) is 44.7 Å². The molecule has 1 atom stereocenters. The fraction of sp³-hybridized carbons (Fsp3) is 0.538. The van der Waals surface area contributed by atoms with Crippen LogP contribution in [0.25, 0.3) is 0 Å². The average molecular weight is 289 g/mol. The van der Waals surface area contributed by atoms with Crippen LogP contribution in [0.2, 0.25) is 5.02 Å². The van der Waals surface area contributed by atoms with Gasteiger partial charge in [-0.05, 0) is 18.2 Å². The lowest BCUT2D eigenvalue weighted by atomic mass is 10.2. The van der Waals surface area contributed by atoms with Crippen LogP contribution in [0.5, 0.6) is 0 Å². The zero-order chi connectivity index (χ0) is 13.7. The molecule has 0 spiro atoms. The van der Waals surface area contributed by atoms with Crippen molar-refractivity contribution in [1.82, 2.24) is 4.90 Å². The summed E-state index contributed by atoms with van der Waals surface area (Å²) < 4.78 is 18.3. The molecular formula is C13H18ClFN2O2. The number of hydrogen-bond donors (Lipinski definition) is 2. The number of aliphatic hydroxyl groups excluding tert-OH is 1. The van der Waals surface area contributed by atoms with Crippen molar-refractivity contribution in [2.45, 2.75) is 6.10 Å². The number of β-amino-alcohol motifs (C(OH)–C–C–N with tert-alkyl or cyclic N) is 1. The molecule has 1 fully saturated rings. The van der Waals surface area contributed by atoms with Gasteiger partial charge in [0.2, 0.25) is 0 Å². The standard InChI is InChI=1S/C13H18ClFN2O2/c14-12-2-1-10(15)7-13(12)16-8-11(18)9-17-3-5-19-6-4-17/h1-2,7,11,16,18H,3-6,8-9H2. The minimum Gasteiger partial charge on any atom is -0.390 e. The molecule has 1 aromatic carbocycles. The Morgan fingerprint density at radius 2 is 2.16 bits per heavy atom. The van der Waals surface area contributed by atoms with Gasteiger partial charge in [-0.1, -0.05) is 11.6 Å². The molecule has 1 aliphatic rings. The first-order valence-electron chi connectivity index (χ1n) is 6.32. The van der Waals surface area contributed by atoms with Crippen molar-refractivity contribution >= 4 is 17.3 Å². The van der Waals surface area contributed by atoms with Gasteiger partial charge in [0.05, 0.1) is 30.0 Å². The highest BCUT2D eigenvalue weighted by atomic mass is 35.5. The van der Waals surface area contributed by atoms with E-state index < -0.39 is 6.10 Å². The van der Waals surface area contributed by atoms with Gasteiger partial charge in [0.15, 0.2) is 0 Å². The molecule has 2 N–H and O–H groups in total. The largest absolute Gasteiger partial charge is 0.390 e. The highest BCUT2D eigenvalue weighted by Crippen LogP contribution is 2.22. The third-order valence-corrected chi connectivity index (χ3v) is 3.36. The lowest BCUT2D eigenvalue weighted by Crippen LogP contribution is -2.42. The number of aliphatic hydroxyl groups is 1. The van der Waals surface area contributed by atoms with Crippen molar-refractivity contribution in [3.8, 4) is 0 Å². The van der Waals surface area contributed by atoms with Crippen LogP contribution >= 0.6 is 11.6 Å². The molecule has 6 heteroatoms. The molecule has 1 unspecified atom stereocenters. The molecule has 1 saturated heterocycles. The normalized spacial score (nSPS) is 18.3. The Bertz CT molecular complexity index is 414. The van der Waals surface area contributed by atoms with Crippen molar-refractivity contribution in [2.24, 2.45) is 0 Å². The zero-order valence-electron chi connectivity index (χ0n) is 10.6. The molecule has 0 radical (unpaired) electrons. The van der Waals surface area contributed by atoms with E-state index in [0.717, 1.165) is 13.1 Å². The Kier molecular flexibility index (Phi) is 5.39. The van der Waals surface area contributed by atoms with E-state index >= 15 is 0 Å². The summed E-state index contributed by atoms with van der Waals surface area (Å²) in [5.74, 6) is -0.352. The molecule has 0 saturated carbocycles. The highest BCUT2D eigenvalue weighted by molar-refractivity contribution is 6.33. The second-order valence-electron chi connectivity index (χ2n) is 4.57. The summed E-state index contributed by atoms with van der Waals surface area (Å²) in [4.78, 5) is 2.14. The molecule has 106 valence electrons. The summed E-state index contributed by atoms with van der Waals surface area (Å²) in [5.41, 5.74) is 0.502. The van der Waals surface area contributed by atoms with Gasteiger partial charge in [-0.3, -0.25) is 4.90 Å². The number of nitrogens with zero attached hydrogens (tertiary/aromatic N) is 1. The minimum absolute atomic E-state index is 0.334. The Morgan fingerprint density at radius 1 is 1.42 bits per heavy atom. The molecule has 0 aliphatic carbocycles. The SMILES string of the molecule is OC(CNc1cc(F)ccc1Cl)CN1CCOCC1. The number of hydrogen-bond acceptors (Lipinski definition) is 4. The Morgan fingerprint density at radius 3 is 2.89 bits per heavy atom. The van der Waals surface area contributed by atoms with Crippen LogP contribution in [-0.4, -0.2) is 55.5 Å². The van der Waals surface area contributed by atoms with Gasteiger partial charge in [-0.15, -0.1) is 0 Å². The lowest BCUT2D eigenvalue weighted by molar-refractivity contribution is 0.0171. The molecule has 0 aromatic heterocycles. The number of benzene rings is 1. The van der Waals surface area contributed by atoms with Gasteiger partial charge in [0.25, 0.3) is 0 Å². The van der Waals surface area contributed by atoms with E-state index in [-0.39, 0.29) is 5.82 Å². The number of anilines is 1. The zero-order valence-corrected chi connectivity index (χ0v) is 11.4. The maximum absolute atomic E-state index is 13.1. The van der Waals surface area contributed by atoms with Crippen LogP contribution in [0, 0.1) is 5.82 Å². The van der Waals surface area contributed by atoms with Gasteiger partial charge in [-0.2, -0.15) is 0 Å². The fourth-order valence-corrected chi connectivity index (χ4v) is 2.19. The Labute approximate surface area is 117 Å². The Balaban J connectivity index is 1.79. The fourth-order valence-electron chi connectivity index (χ4n) is 2.01. The third-order valence-electron chi connectivity index (χ3n) is 3.03. The molecule has 4 nitrogen and oxygen atoms in total. The summed E-state index contributed by atoms with van der Waals surface area (Å²) in [5, 5.41) is 13.3. The summed E-state index contributed by atoms with van der Waals surface area (Å²) in [6.45, 7) is 3.98. The summed E-state index contributed by atoms with van der Waals surface area (Å²) >= 11 is 5.93. The van der Waals surface area contributed by atoms with Crippen LogP contribution in [0.1, 0.15) is 0 Å². The maximum Gasteiger partial charge on any atom is 0.125 e. The van der Waals surface area contributed by atoms with Crippen molar-refractivity contribution in [1.29, 1.82) is 0 Å². The molecule has 19 heavy (non-hydrogen) atoms. The second-order valence-corrected chi connectivity index (χ2v) is 4.98. The predicted octanol–water partition coefficient (Wildman–Crippen LogP) is 1.58. The molecule has 1 aliphatic heterocycles. The van der Waals surface area contributed by atoms with E-state index in [1.165, 1.54) is 18.2 Å². The third kappa shape index (κ3) is 4.62. The first-order valence-corrected chi connectivity index (χ1v) is 6.70. The van der Waals surface area contributed by atoms with Crippen molar-refractivity contribution in [3.05, 3.63) is 29.0 Å². The number of rotatable bonds is 5. The van der Waals surface area contributed by atoms with Crippen LogP contribution in [-0.2, 0) is 4.74 Å². The molecule has 0 bridgehead atoms. The van der Waals surface area contributed by atoms with Gasteiger partial charge in [-0.25, -0.2) is 4.39 Å². The van der Waals surface area contributed by atoms with Crippen LogP contribution < -0.4 is 5.32 Å². The van der Waals surface area contributed by atoms with Crippen LogP contribution in [0.3, 0.4) is 0 Å². The molecular weight excluding hydrogens is 271 g/mol. The van der Waals surface area contributed by atoms with E-state index in [9.17, 15) is 9.50 Å². The van der Waals surface area contributed by atoms with Crippen LogP contribution in [0.4, 0.5) is 10.1 Å². The van der Waals surface area contributed by atoms with Crippen LogP contribution in [0.15, 0.2) is 18.2 Å². The number of nitrogens with one attached hydrogen (secondary N) is 1. The Hall–Kier alpha value is -0.880. The quantitative estimate of drug-likeness (QED) is 0.864. The second kappa shape index (κ2) is 7.05. The van der Waals surface area contributed by atoms with Gasteiger partial charge in [0, 0.05) is 26.2 Å². The first kappa shape index (κ1) is 14.5. The molecule has 2 rings (SSSR count).